The van der Waals surface area contributed by atoms with Crippen molar-refractivity contribution in [1.82, 2.24) is 10.0 Å². The van der Waals surface area contributed by atoms with Crippen LogP contribution in [0.4, 0.5) is 0 Å². The fourth-order valence-electron chi connectivity index (χ4n) is 1.94. The summed E-state index contributed by atoms with van der Waals surface area (Å²) in [4.78, 5) is 0. The Morgan fingerprint density at radius 3 is 2.44 bits per heavy atom. The lowest BCUT2D eigenvalue weighted by atomic mass is 9.88. The molecular weight excluding hydrogens is 276 g/mol. The summed E-state index contributed by atoms with van der Waals surface area (Å²) in [6.07, 6.45) is 1.98. The molecule has 0 aromatic heterocycles. The second-order valence-electron chi connectivity index (χ2n) is 5.03. The molecule has 0 aliphatic carbocycles. The van der Waals surface area contributed by atoms with E-state index in [0.717, 1.165) is 25.8 Å². The van der Waals surface area contributed by atoms with E-state index in [1.165, 1.54) is 0 Å². The van der Waals surface area contributed by atoms with Gasteiger partial charge in [0.05, 0.1) is 11.5 Å². The van der Waals surface area contributed by atoms with Crippen molar-refractivity contribution in [2.75, 3.05) is 37.4 Å². The third-order valence-electron chi connectivity index (χ3n) is 3.25. The van der Waals surface area contributed by atoms with Crippen molar-refractivity contribution in [2.24, 2.45) is 11.8 Å². The molecule has 8 heteroatoms. The van der Waals surface area contributed by atoms with Gasteiger partial charge < -0.3 is 5.32 Å². The van der Waals surface area contributed by atoms with E-state index in [4.69, 9.17) is 0 Å². The normalized spacial score (nSPS) is 26.1. The Hall–Kier alpha value is -0.180. The van der Waals surface area contributed by atoms with Crippen LogP contribution in [-0.2, 0) is 19.9 Å². The van der Waals surface area contributed by atoms with Gasteiger partial charge in [-0.2, -0.15) is 0 Å². The first kappa shape index (κ1) is 15.9. The molecule has 0 saturated carbocycles. The van der Waals surface area contributed by atoms with Crippen LogP contribution in [0.5, 0.6) is 0 Å². The first-order valence-electron chi connectivity index (χ1n) is 6.05. The minimum Gasteiger partial charge on any atom is -0.316 e. The molecule has 0 bridgehead atoms. The maximum Gasteiger partial charge on any atom is 0.212 e. The Kier molecular flexibility index (Phi) is 5.57. The van der Waals surface area contributed by atoms with Gasteiger partial charge in [0.2, 0.25) is 10.0 Å². The van der Waals surface area contributed by atoms with E-state index < -0.39 is 19.9 Å². The number of piperidine rings is 1. The summed E-state index contributed by atoms with van der Waals surface area (Å²) in [5, 5.41) is 3.25. The Balaban J connectivity index is 2.41. The third-order valence-corrected chi connectivity index (χ3v) is 5.80. The molecule has 6 nitrogen and oxygen atoms in total. The Morgan fingerprint density at radius 1 is 1.22 bits per heavy atom. The molecule has 2 N–H and O–H groups in total. The van der Waals surface area contributed by atoms with Crippen LogP contribution in [0.15, 0.2) is 0 Å². The fraction of sp³-hybridized carbons (Fsp3) is 1.00. The number of sulfonamides is 1. The molecule has 0 aromatic rings. The van der Waals surface area contributed by atoms with Crippen molar-refractivity contribution < 1.29 is 16.8 Å². The van der Waals surface area contributed by atoms with Gasteiger partial charge in [0.25, 0.3) is 0 Å². The fourth-order valence-corrected chi connectivity index (χ4v) is 4.64. The second-order valence-corrected chi connectivity index (χ2v) is 9.21. The van der Waals surface area contributed by atoms with Crippen LogP contribution in [0.2, 0.25) is 0 Å². The highest BCUT2D eigenvalue weighted by Crippen LogP contribution is 2.17. The van der Waals surface area contributed by atoms with Gasteiger partial charge in [0, 0.05) is 12.8 Å². The van der Waals surface area contributed by atoms with Gasteiger partial charge in [-0.05, 0) is 31.3 Å². The minimum atomic E-state index is -3.49. The molecule has 0 amide bonds. The molecule has 0 radical (unpaired) electrons. The van der Waals surface area contributed by atoms with Crippen LogP contribution in [0, 0.1) is 11.8 Å². The zero-order chi connectivity index (χ0) is 13.8. The number of hydrogen-bond acceptors (Lipinski definition) is 5. The van der Waals surface area contributed by atoms with Crippen LogP contribution >= 0.6 is 0 Å². The summed E-state index contributed by atoms with van der Waals surface area (Å²) >= 11 is 0. The first-order valence-corrected chi connectivity index (χ1v) is 9.77. The van der Waals surface area contributed by atoms with Crippen molar-refractivity contribution in [3.63, 3.8) is 0 Å². The monoisotopic (exact) mass is 298 g/mol. The lowest BCUT2D eigenvalue weighted by Crippen LogP contribution is -2.42. The molecule has 18 heavy (non-hydrogen) atoms. The van der Waals surface area contributed by atoms with Crippen molar-refractivity contribution in [1.29, 1.82) is 0 Å². The van der Waals surface area contributed by atoms with Gasteiger partial charge in [-0.1, -0.05) is 6.92 Å². The molecule has 1 aliphatic rings. The van der Waals surface area contributed by atoms with Crippen LogP contribution in [-0.4, -0.2) is 54.2 Å². The lowest BCUT2D eigenvalue weighted by Gasteiger charge is -2.29. The second kappa shape index (κ2) is 6.31. The van der Waals surface area contributed by atoms with Crippen molar-refractivity contribution >= 4 is 19.9 Å². The molecule has 1 saturated heterocycles. The van der Waals surface area contributed by atoms with Gasteiger partial charge in [-0.15, -0.1) is 0 Å². The highest BCUT2D eigenvalue weighted by Gasteiger charge is 2.23. The van der Waals surface area contributed by atoms with Gasteiger partial charge in [-0.3, -0.25) is 0 Å². The largest absolute Gasteiger partial charge is 0.316 e. The standard InChI is InChI=1S/C10H22N2O4S2/c1-9-7-11-4-3-10(9)8-12-18(15,16)6-5-17(2,13)14/h9-12H,3-8H2,1-2H3. The summed E-state index contributed by atoms with van der Waals surface area (Å²) < 4.78 is 47.7. The highest BCUT2D eigenvalue weighted by atomic mass is 32.2. The van der Waals surface area contributed by atoms with Crippen LogP contribution in [0.1, 0.15) is 13.3 Å². The smallest absolute Gasteiger partial charge is 0.212 e. The van der Waals surface area contributed by atoms with E-state index in [1.807, 2.05) is 0 Å². The van der Waals surface area contributed by atoms with Crippen molar-refractivity contribution in [3.8, 4) is 0 Å². The van der Waals surface area contributed by atoms with Crippen molar-refractivity contribution in [3.05, 3.63) is 0 Å². The van der Waals surface area contributed by atoms with Crippen molar-refractivity contribution in [2.45, 2.75) is 13.3 Å². The number of hydrogen-bond donors (Lipinski definition) is 2. The average molecular weight is 298 g/mol. The Labute approximate surface area is 110 Å². The van der Waals surface area contributed by atoms with E-state index in [2.05, 4.69) is 17.0 Å². The van der Waals surface area contributed by atoms with E-state index >= 15 is 0 Å². The minimum absolute atomic E-state index is 0.319. The Bertz CT molecular complexity index is 458. The summed E-state index contributed by atoms with van der Waals surface area (Å²) in [6.45, 7) is 4.28. The summed E-state index contributed by atoms with van der Waals surface area (Å²) in [5.41, 5.74) is 0. The maximum absolute atomic E-state index is 11.6. The average Bonchev–Trinajstić information content (AvgIpc) is 2.25. The van der Waals surface area contributed by atoms with Crippen LogP contribution in [0.3, 0.4) is 0 Å². The molecule has 108 valence electrons. The van der Waals surface area contributed by atoms with Gasteiger partial charge in [0.1, 0.15) is 9.84 Å². The number of rotatable bonds is 6. The first-order chi connectivity index (χ1) is 8.20. The predicted molar refractivity (Wildman–Crippen MR) is 71.6 cm³/mol. The maximum atomic E-state index is 11.6. The number of nitrogens with one attached hydrogen (secondary N) is 2. The van der Waals surface area contributed by atoms with Crippen LogP contribution < -0.4 is 10.0 Å². The van der Waals surface area contributed by atoms with Gasteiger partial charge in [-0.25, -0.2) is 21.6 Å². The van der Waals surface area contributed by atoms with Gasteiger partial charge >= 0.3 is 0 Å². The summed E-state index contributed by atoms with van der Waals surface area (Å²) in [5.74, 6) is 0.0607. The third kappa shape index (κ3) is 6.12. The molecular formula is C10H22N2O4S2. The highest BCUT2D eigenvalue weighted by molar-refractivity contribution is 7.93. The molecule has 0 spiro atoms. The topological polar surface area (TPSA) is 92.3 Å². The van der Waals surface area contributed by atoms with E-state index in [0.29, 0.717) is 18.4 Å². The zero-order valence-corrected chi connectivity index (χ0v) is 12.5. The molecule has 1 heterocycles. The molecule has 1 aliphatic heterocycles. The van der Waals surface area contributed by atoms with E-state index in [9.17, 15) is 16.8 Å². The summed E-state index contributed by atoms with van der Waals surface area (Å²) in [7, 11) is -6.73. The number of sulfone groups is 1. The molecule has 1 fully saturated rings. The van der Waals surface area contributed by atoms with E-state index in [-0.39, 0.29) is 11.5 Å². The SMILES string of the molecule is CC1CNCCC1CNS(=O)(=O)CCS(C)(=O)=O. The molecule has 0 aromatic carbocycles. The van der Waals surface area contributed by atoms with E-state index in [1.54, 1.807) is 0 Å². The molecule has 2 unspecified atom stereocenters. The molecule has 2 atom stereocenters. The molecule has 1 rings (SSSR count). The quantitative estimate of drug-likeness (QED) is 0.669. The Morgan fingerprint density at radius 2 is 1.89 bits per heavy atom. The lowest BCUT2D eigenvalue weighted by molar-refractivity contribution is 0.274. The van der Waals surface area contributed by atoms with Crippen LogP contribution in [0.25, 0.3) is 0 Å². The zero-order valence-electron chi connectivity index (χ0n) is 10.8. The predicted octanol–water partition coefficient (Wildman–Crippen LogP) is -0.804. The van der Waals surface area contributed by atoms with Gasteiger partial charge in [0.15, 0.2) is 0 Å². The summed E-state index contributed by atoms with van der Waals surface area (Å²) in [6, 6.07) is 0.